The normalized spacial score (nSPS) is 13.5. The van der Waals surface area contributed by atoms with E-state index in [9.17, 15) is 9.59 Å². The van der Waals surface area contributed by atoms with Gasteiger partial charge in [-0.1, -0.05) is 6.07 Å². The Bertz CT molecular complexity index is 877. The zero-order chi connectivity index (χ0) is 20.6. The monoisotopic (exact) mass is 411 g/mol. The van der Waals surface area contributed by atoms with Gasteiger partial charge in [-0.3, -0.25) is 14.9 Å². The smallest absolute Gasteiger partial charge is 0.257 e. The van der Waals surface area contributed by atoms with Crippen LogP contribution in [0.3, 0.4) is 0 Å². The van der Waals surface area contributed by atoms with Gasteiger partial charge in [0.1, 0.15) is 5.75 Å². The first kappa shape index (κ1) is 20.8. The fourth-order valence-corrected chi connectivity index (χ4v) is 3.43. The summed E-state index contributed by atoms with van der Waals surface area (Å²) in [7, 11) is 0. The highest BCUT2D eigenvalue weighted by molar-refractivity contribution is 7.80. The molecule has 0 spiro atoms. The molecular formula is C22H25N3O3S. The van der Waals surface area contributed by atoms with Crippen LogP contribution in [-0.2, 0) is 0 Å². The van der Waals surface area contributed by atoms with E-state index in [1.165, 1.54) is 6.42 Å². The summed E-state index contributed by atoms with van der Waals surface area (Å²) in [6.07, 6.45) is 3.27. The van der Waals surface area contributed by atoms with Gasteiger partial charge in [-0.2, -0.15) is 0 Å². The van der Waals surface area contributed by atoms with Gasteiger partial charge in [-0.05, 0) is 80.9 Å². The summed E-state index contributed by atoms with van der Waals surface area (Å²) in [4.78, 5) is 26.9. The second-order valence-electron chi connectivity index (χ2n) is 6.80. The summed E-state index contributed by atoms with van der Waals surface area (Å²) in [5.41, 5.74) is 1.74. The van der Waals surface area contributed by atoms with Crippen molar-refractivity contribution in [3.63, 3.8) is 0 Å². The number of carbonyl (C=O) groups excluding carboxylic acids is 2. The van der Waals surface area contributed by atoms with Gasteiger partial charge in [-0.25, -0.2) is 0 Å². The molecule has 2 aromatic rings. The van der Waals surface area contributed by atoms with E-state index in [0.29, 0.717) is 29.2 Å². The average Bonchev–Trinajstić information content (AvgIpc) is 2.74. The molecule has 2 aromatic carbocycles. The molecule has 3 rings (SSSR count). The molecule has 29 heavy (non-hydrogen) atoms. The summed E-state index contributed by atoms with van der Waals surface area (Å²) in [5.74, 6) is 0.420. The van der Waals surface area contributed by atoms with Crippen LogP contribution in [0.25, 0.3) is 0 Å². The number of anilines is 1. The average molecular weight is 412 g/mol. The maximum Gasteiger partial charge on any atom is 0.257 e. The first-order valence-electron chi connectivity index (χ1n) is 9.81. The Morgan fingerprint density at radius 2 is 1.76 bits per heavy atom. The van der Waals surface area contributed by atoms with E-state index in [2.05, 4.69) is 10.6 Å². The molecule has 1 saturated heterocycles. The van der Waals surface area contributed by atoms with Crippen LogP contribution in [0, 0.1) is 0 Å². The summed E-state index contributed by atoms with van der Waals surface area (Å²) in [6.45, 7) is 4.07. The molecular weight excluding hydrogens is 386 g/mol. The largest absolute Gasteiger partial charge is 0.494 e. The van der Waals surface area contributed by atoms with Gasteiger partial charge >= 0.3 is 0 Å². The highest BCUT2D eigenvalue weighted by atomic mass is 32.1. The number of rotatable bonds is 5. The molecule has 7 heteroatoms. The molecule has 1 fully saturated rings. The first-order valence-corrected chi connectivity index (χ1v) is 10.2. The van der Waals surface area contributed by atoms with E-state index in [4.69, 9.17) is 17.0 Å². The Morgan fingerprint density at radius 3 is 2.45 bits per heavy atom. The molecule has 6 nitrogen and oxygen atoms in total. The lowest BCUT2D eigenvalue weighted by Gasteiger charge is -2.26. The zero-order valence-corrected chi connectivity index (χ0v) is 17.3. The first-order chi connectivity index (χ1) is 14.1. The molecule has 0 unspecified atom stereocenters. The van der Waals surface area contributed by atoms with E-state index in [-0.39, 0.29) is 16.9 Å². The lowest BCUT2D eigenvalue weighted by Crippen LogP contribution is -2.36. The summed E-state index contributed by atoms with van der Waals surface area (Å²) >= 11 is 5.25. The Hall–Kier alpha value is -2.93. The van der Waals surface area contributed by atoms with E-state index in [1.807, 2.05) is 17.9 Å². The topological polar surface area (TPSA) is 70.7 Å². The minimum absolute atomic E-state index is 0.0256. The number of thiocarbonyl (C=S) groups is 1. The molecule has 1 heterocycles. The Labute approximate surface area is 176 Å². The predicted octanol–water partition coefficient (Wildman–Crippen LogP) is 3.84. The molecule has 0 aromatic heterocycles. The van der Waals surface area contributed by atoms with Gasteiger partial charge in [-0.15, -0.1) is 0 Å². The third-order valence-corrected chi connectivity index (χ3v) is 4.87. The fourth-order valence-electron chi connectivity index (χ4n) is 3.22. The maximum absolute atomic E-state index is 12.7. The van der Waals surface area contributed by atoms with Gasteiger partial charge < -0.3 is 15.0 Å². The highest BCUT2D eigenvalue weighted by Gasteiger charge is 2.18. The highest BCUT2D eigenvalue weighted by Crippen LogP contribution is 2.17. The molecule has 1 aliphatic rings. The third-order valence-electron chi connectivity index (χ3n) is 4.67. The van der Waals surface area contributed by atoms with Gasteiger partial charge in [0.05, 0.1) is 6.61 Å². The fraction of sp³-hybridized carbons (Fsp3) is 0.318. The van der Waals surface area contributed by atoms with Crippen LogP contribution in [0.15, 0.2) is 48.5 Å². The van der Waals surface area contributed by atoms with Crippen molar-refractivity contribution in [2.45, 2.75) is 26.2 Å². The van der Waals surface area contributed by atoms with Crippen LogP contribution >= 0.6 is 12.2 Å². The number of carbonyl (C=O) groups is 2. The number of hydrogen-bond donors (Lipinski definition) is 2. The summed E-state index contributed by atoms with van der Waals surface area (Å²) in [5, 5.41) is 5.80. The standard InChI is InChI=1S/C22H25N3O3S/c1-2-28-19-11-9-16(10-12-19)20(26)24-22(29)23-18-8-6-7-17(15-18)21(27)25-13-4-3-5-14-25/h6-12,15H,2-5,13-14H2,1H3,(H2,23,24,26,29). The van der Waals surface area contributed by atoms with Gasteiger partial charge in [0.2, 0.25) is 0 Å². The lowest BCUT2D eigenvalue weighted by molar-refractivity contribution is 0.0724. The van der Waals surface area contributed by atoms with Crippen molar-refractivity contribution >= 4 is 34.8 Å². The number of amides is 2. The minimum Gasteiger partial charge on any atom is -0.494 e. The van der Waals surface area contributed by atoms with Crippen LogP contribution in [-0.4, -0.2) is 41.5 Å². The van der Waals surface area contributed by atoms with Crippen molar-refractivity contribution < 1.29 is 14.3 Å². The second kappa shape index (κ2) is 10.0. The summed E-state index contributed by atoms with van der Waals surface area (Å²) < 4.78 is 5.37. The van der Waals surface area contributed by atoms with Crippen LogP contribution < -0.4 is 15.4 Å². The zero-order valence-electron chi connectivity index (χ0n) is 16.4. The molecule has 0 saturated carbocycles. The number of benzene rings is 2. The van der Waals surface area contributed by atoms with E-state index in [0.717, 1.165) is 25.9 Å². The van der Waals surface area contributed by atoms with Crippen molar-refractivity contribution in [3.05, 3.63) is 59.7 Å². The van der Waals surface area contributed by atoms with Crippen LogP contribution in [0.1, 0.15) is 46.9 Å². The van der Waals surface area contributed by atoms with E-state index >= 15 is 0 Å². The van der Waals surface area contributed by atoms with Gasteiger partial charge in [0.25, 0.3) is 11.8 Å². The maximum atomic E-state index is 12.7. The molecule has 152 valence electrons. The quantitative estimate of drug-likeness (QED) is 0.732. The molecule has 0 radical (unpaired) electrons. The van der Waals surface area contributed by atoms with E-state index in [1.54, 1.807) is 42.5 Å². The van der Waals surface area contributed by atoms with Gasteiger partial charge in [0.15, 0.2) is 5.11 Å². The predicted molar refractivity (Wildman–Crippen MR) is 117 cm³/mol. The van der Waals surface area contributed by atoms with Crippen molar-refractivity contribution in [2.24, 2.45) is 0 Å². The molecule has 0 aliphatic carbocycles. The molecule has 0 atom stereocenters. The molecule has 2 amide bonds. The number of hydrogen-bond acceptors (Lipinski definition) is 4. The van der Waals surface area contributed by atoms with Crippen molar-refractivity contribution in [1.29, 1.82) is 0 Å². The molecule has 1 aliphatic heterocycles. The Balaban J connectivity index is 1.58. The van der Waals surface area contributed by atoms with Gasteiger partial charge in [0, 0.05) is 29.9 Å². The third kappa shape index (κ3) is 5.77. The Kier molecular flexibility index (Phi) is 7.19. The molecule has 0 bridgehead atoms. The number of nitrogens with one attached hydrogen (secondary N) is 2. The van der Waals surface area contributed by atoms with Crippen molar-refractivity contribution in [3.8, 4) is 5.75 Å². The second-order valence-corrected chi connectivity index (χ2v) is 7.21. The van der Waals surface area contributed by atoms with E-state index < -0.39 is 0 Å². The van der Waals surface area contributed by atoms with Crippen LogP contribution in [0.4, 0.5) is 5.69 Å². The van der Waals surface area contributed by atoms with Crippen molar-refractivity contribution in [2.75, 3.05) is 25.0 Å². The summed E-state index contributed by atoms with van der Waals surface area (Å²) in [6, 6.07) is 14.0. The number of ether oxygens (including phenoxy) is 1. The van der Waals surface area contributed by atoms with Crippen LogP contribution in [0.2, 0.25) is 0 Å². The minimum atomic E-state index is -0.314. The number of likely N-dealkylation sites (tertiary alicyclic amines) is 1. The van der Waals surface area contributed by atoms with Crippen LogP contribution in [0.5, 0.6) is 5.75 Å². The number of piperidine rings is 1. The van der Waals surface area contributed by atoms with Crippen molar-refractivity contribution in [1.82, 2.24) is 10.2 Å². The number of nitrogens with zero attached hydrogens (tertiary/aromatic N) is 1. The Morgan fingerprint density at radius 1 is 1.03 bits per heavy atom. The lowest BCUT2D eigenvalue weighted by atomic mass is 10.1. The SMILES string of the molecule is CCOc1ccc(C(=O)NC(=S)Nc2cccc(C(=O)N3CCCCC3)c2)cc1. The molecule has 2 N–H and O–H groups in total.